The molecule has 7 nitrogen and oxygen atoms in total. The first-order valence-electron chi connectivity index (χ1n) is 7.38. The minimum Gasteiger partial charge on any atom is -0.444 e. The van der Waals surface area contributed by atoms with Gasteiger partial charge in [0.05, 0.1) is 0 Å². The van der Waals surface area contributed by atoms with Gasteiger partial charge in [0.15, 0.2) is 0 Å². The zero-order valence-electron chi connectivity index (χ0n) is 13.5. The lowest BCUT2D eigenvalue weighted by atomic mass is 10.2. The van der Waals surface area contributed by atoms with Crippen LogP contribution in [0.2, 0.25) is 0 Å². The van der Waals surface area contributed by atoms with Crippen LogP contribution in [0.3, 0.4) is 0 Å². The highest BCUT2D eigenvalue weighted by Gasteiger charge is 2.34. The summed E-state index contributed by atoms with van der Waals surface area (Å²) in [6.45, 7) is 5.76. The van der Waals surface area contributed by atoms with Crippen LogP contribution in [0, 0.1) is 0 Å². The first kappa shape index (κ1) is 16.8. The van der Waals surface area contributed by atoms with Crippen LogP contribution in [0.4, 0.5) is 10.5 Å². The van der Waals surface area contributed by atoms with Gasteiger partial charge in [0.2, 0.25) is 11.8 Å². The lowest BCUT2D eigenvalue weighted by Crippen LogP contribution is -2.43. The van der Waals surface area contributed by atoms with Crippen LogP contribution in [0.1, 0.15) is 37.6 Å². The number of nitrogens with one attached hydrogen (secondary N) is 1. The number of ether oxygens (including phenoxy) is 1. The number of amides is 3. The Morgan fingerprint density at radius 2 is 1.87 bits per heavy atom. The monoisotopic (exact) mass is 319 g/mol. The fourth-order valence-electron chi connectivity index (χ4n) is 2.33. The summed E-state index contributed by atoms with van der Waals surface area (Å²) < 4.78 is 5.16. The number of hydrogen-bond acceptors (Lipinski definition) is 4. The standard InChI is InChI=1S/C16H21N3O4/c1-16(2,3)23-15(22)18-12-8-9-19(14(12)21)11-6-4-10(5-7-11)13(17)20/h4-7,12H,8-9H2,1-3H3,(H2,17,20)(H,18,22)/t12-/m0/s1. The average molecular weight is 319 g/mol. The lowest BCUT2D eigenvalue weighted by molar-refractivity contribution is -0.118. The Balaban J connectivity index is 2.01. The maximum atomic E-state index is 12.4. The number of rotatable bonds is 3. The Bertz CT molecular complexity index is 619. The molecule has 1 aliphatic rings. The molecular formula is C16H21N3O4. The summed E-state index contributed by atoms with van der Waals surface area (Å²) in [5.74, 6) is -0.726. The van der Waals surface area contributed by atoms with Crippen molar-refractivity contribution < 1.29 is 19.1 Å². The molecule has 1 fully saturated rings. The van der Waals surface area contributed by atoms with E-state index in [4.69, 9.17) is 10.5 Å². The van der Waals surface area contributed by atoms with Crippen molar-refractivity contribution in [3.8, 4) is 0 Å². The van der Waals surface area contributed by atoms with Gasteiger partial charge in [0.1, 0.15) is 11.6 Å². The Labute approximate surface area is 134 Å². The van der Waals surface area contributed by atoms with Gasteiger partial charge in [-0.05, 0) is 51.5 Å². The summed E-state index contributed by atoms with van der Waals surface area (Å²) in [7, 11) is 0. The molecule has 3 N–H and O–H groups in total. The number of carbonyl (C=O) groups is 3. The quantitative estimate of drug-likeness (QED) is 0.879. The van der Waals surface area contributed by atoms with Crippen molar-refractivity contribution in [2.45, 2.75) is 38.8 Å². The van der Waals surface area contributed by atoms with E-state index in [1.165, 1.54) is 0 Å². The Hall–Kier alpha value is -2.57. The predicted octanol–water partition coefficient (Wildman–Crippen LogP) is 1.42. The van der Waals surface area contributed by atoms with Crippen molar-refractivity contribution in [2.75, 3.05) is 11.4 Å². The molecule has 23 heavy (non-hydrogen) atoms. The van der Waals surface area contributed by atoms with E-state index in [2.05, 4.69) is 5.32 Å². The third-order valence-electron chi connectivity index (χ3n) is 3.36. The molecule has 0 spiro atoms. The maximum Gasteiger partial charge on any atom is 0.408 e. The van der Waals surface area contributed by atoms with E-state index in [-0.39, 0.29) is 5.91 Å². The van der Waals surface area contributed by atoms with E-state index in [1.54, 1.807) is 49.9 Å². The van der Waals surface area contributed by atoms with Crippen LogP contribution in [-0.4, -0.2) is 36.1 Å². The van der Waals surface area contributed by atoms with Crippen LogP contribution in [0.25, 0.3) is 0 Å². The first-order valence-corrected chi connectivity index (χ1v) is 7.38. The second kappa shape index (κ2) is 6.28. The lowest BCUT2D eigenvalue weighted by Gasteiger charge is -2.21. The third-order valence-corrected chi connectivity index (χ3v) is 3.36. The molecule has 0 unspecified atom stereocenters. The molecule has 1 heterocycles. The minimum absolute atomic E-state index is 0.206. The van der Waals surface area contributed by atoms with Crippen LogP contribution in [-0.2, 0) is 9.53 Å². The van der Waals surface area contributed by atoms with Gasteiger partial charge in [-0.2, -0.15) is 0 Å². The summed E-state index contributed by atoms with van der Waals surface area (Å²) >= 11 is 0. The van der Waals surface area contributed by atoms with Crippen molar-refractivity contribution in [3.05, 3.63) is 29.8 Å². The smallest absolute Gasteiger partial charge is 0.408 e. The molecule has 3 amide bonds. The van der Waals surface area contributed by atoms with Crippen LogP contribution < -0.4 is 16.0 Å². The third kappa shape index (κ3) is 4.21. The highest BCUT2D eigenvalue weighted by molar-refractivity contribution is 6.01. The Morgan fingerprint density at radius 1 is 1.26 bits per heavy atom. The average Bonchev–Trinajstić information content (AvgIpc) is 2.78. The van der Waals surface area contributed by atoms with E-state index < -0.39 is 23.6 Å². The number of primary amides is 1. The van der Waals surface area contributed by atoms with Crippen molar-refractivity contribution in [1.29, 1.82) is 0 Å². The molecule has 2 rings (SSSR count). The molecule has 1 atom stereocenters. The predicted molar refractivity (Wildman–Crippen MR) is 85.1 cm³/mol. The van der Waals surface area contributed by atoms with Gasteiger partial charge in [0.25, 0.3) is 0 Å². The number of anilines is 1. The van der Waals surface area contributed by atoms with Crippen molar-refractivity contribution in [1.82, 2.24) is 5.32 Å². The van der Waals surface area contributed by atoms with Gasteiger partial charge in [0, 0.05) is 17.8 Å². The summed E-state index contributed by atoms with van der Waals surface area (Å²) in [5.41, 5.74) is 5.62. The second-order valence-corrected chi connectivity index (χ2v) is 6.39. The molecule has 7 heteroatoms. The molecule has 0 saturated carbocycles. The van der Waals surface area contributed by atoms with E-state index in [0.29, 0.717) is 24.2 Å². The summed E-state index contributed by atoms with van der Waals surface area (Å²) in [5, 5.41) is 2.59. The number of nitrogens with zero attached hydrogens (tertiary/aromatic N) is 1. The number of hydrogen-bond donors (Lipinski definition) is 2. The highest BCUT2D eigenvalue weighted by atomic mass is 16.6. The summed E-state index contributed by atoms with van der Waals surface area (Å²) in [6, 6.07) is 5.85. The molecular weight excluding hydrogens is 298 g/mol. The molecule has 1 aliphatic heterocycles. The minimum atomic E-state index is -0.615. The molecule has 1 aromatic rings. The zero-order chi connectivity index (χ0) is 17.2. The van der Waals surface area contributed by atoms with E-state index in [0.717, 1.165) is 0 Å². The molecule has 1 saturated heterocycles. The number of alkyl carbamates (subject to hydrolysis) is 1. The van der Waals surface area contributed by atoms with Crippen molar-refractivity contribution >= 4 is 23.6 Å². The van der Waals surface area contributed by atoms with Gasteiger partial charge in [-0.25, -0.2) is 4.79 Å². The normalized spacial score (nSPS) is 18.0. The number of benzene rings is 1. The largest absolute Gasteiger partial charge is 0.444 e. The van der Waals surface area contributed by atoms with Gasteiger partial charge in [-0.3, -0.25) is 9.59 Å². The van der Waals surface area contributed by atoms with E-state index in [9.17, 15) is 14.4 Å². The van der Waals surface area contributed by atoms with Crippen LogP contribution in [0.15, 0.2) is 24.3 Å². The Kier molecular flexibility index (Phi) is 4.58. The molecule has 1 aromatic carbocycles. The second-order valence-electron chi connectivity index (χ2n) is 6.39. The molecule has 0 radical (unpaired) electrons. The fourth-order valence-corrected chi connectivity index (χ4v) is 2.33. The zero-order valence-corrected chi connectivity index (χ0v) is 13.5. The van der Waals surface area contributed by atoms with Crippen LogP contribution in [0.5, 0.6) is 0 Å². The fraction of sp³-hybridized carbons (Fsp3) is 0.438. The van der Waals surface area contributed by atoms with Gasteiger partial charge >= 0.3 is 6.09 Å². The van der Waals surface area contributed by atoms with Gasteiger partial charge in [-0.1, -0.05) is 0 Å². The van der Waals surface area contributed by atoms with Gasteiger partial charge in [-0.15, -0.1) is 0 Å². The first-order chi connectivity index (χ1) is 10.7. The Morgan fingerprint density at radius 3 is 2.39 bits per heavy atom. The van der Waals surface area contributed by atoms with E-state index >= 15 is 0 Å². The van der Waals surface area contributed by atoms with Crippen molar-refractivity contribution in [3.63, 3.8) is 0 Å². The molecule has 0 bridgehead atoms. The van der Waals surface area contributed by atoms with Crippen LogP contribution >= 0.6 is 0 Å². The van der Waals surface area contributed by atoms with Crippen molar-refractivity contribution in [2.24, 2.45) is 5.73 Å². The molecule has 0 aromatic heterocycles. The SMILES string of the molecule is CC(C)(C)OC(=O)N[C@H]1CCN(c2ccc(C(N)=O)cc2)C1=O. The number of carbonyl (C=O) groups excluding carboxylic acids is 3. The maximum absolute atomic E-state index is 12.4. The molecule has 124 valence electrons. The van der Waals surface area contributed by atoms with Gasteiger partial charge < -0.3 is 20.7 Å². The van der Waals surface area contributed by atoms with E-state index in [1.807, 2.05) is 0 Å². The highest BCUT2D eigenvalue weighted by Crippen LogP contribution is 2.22. The number of nitrogens with two attached hydrogens (primary N) is 1. The molecule has 0 aliphatic carbocycles. The summed E-state index contributed by atoms with van der Waals surface area (Å²) in [4.78, 5) is 36.8. The topological polar surface area (TPSA) is 102 Å². The summed E-state index contributed by atoms with van der Waals surface area (Å²) in [6.07, 6.45) is -0.114.